The summed E-state index contributed by atoms with van der Waals surface area (Å²) < 4.78 is 5.95. The van der Waals surface area contributed by atoms with E-state index < -0.39 is 5.97 Å². The molecular weight excluding hydrogens is 312 g/mol. The van der Waals surface area contributed by atoms with Gasteiger partial charge in [0.15, 0.2) is 0 Å². The first-order valence-corrected chi connectivity index (χ1v) is 8.46. The lowest BCUT2D eigenvalue weighted by Gasteiger charge is -2.12. The average Bonchev–Trinajstić information content (AvgIpc) is 2.53. The van der Waals surface area contributed by atoms with Crippen molar-refractivity contribution in [3.8, 4) is 0 Å². The molecule has 0 unspecified atom stereocenters. The third-order valence-corrected chi connectivity index (χ3v) is 4.58. The van der Waals surface area contributed by atoms with Gasteiger partial charge in [0.05, 0.1) is 16.3 Å². The molecule has 0 amide bonds. The zero-order valence-corrected chi connectivity index (χ0v) is 13.9. The highest BCUT2D eigenvalue weighted by Gasteiger charge is 2.16. The highest BCUT2D eigenvalue weighted by molar-refractivity contribution is 7.98. The number of benzene rings is 2. The topological polar surface area (TPSA) is 67.5 Å². The molecule has 0 bridgehead atoms. The van der Waals surface area contributed by atoms with Crippen LogP contribution in [0.15, 0.2) is 44.4 Å². The molecular formula is C18H16O4S. The second kappa shape index (κ2) is 5.74. The van der Waals surface area contributed by atoms with Gasteiger partial charge >= 0.3 is 5.97 Å². The first-order chi connectivity index (χ1) is 10.9. The Morgan fingerprint density at radius 2 is 1.91 bits per heavy atom. The first kappa shape index (κ1) is 15.6. The summed E-state index contributed by atoms with van der Waals surface area (Å²) in [7, 11) is 0. The highest BCUT2D eigenvalue weighted by Crippen LogP contribution is 2.31. The number of aromatic carboxylic acids is 1. The van der Waals surface area contributed by atoms with Gasteiger partial charge < -0.3 is 9.52 Å². The van der Waals surface area contributed by atoms with Crippen molar-refractivity contribution in [2.24, 2.45) is 0 Å². The van der Waals surface area contributed by atoms with Crippen molar-refractivity contribution < 1.29 is 14.3 Å². The molecule has 118 valence electrons. The summed E-state index contributed by atoms with van der Waals surface area (Å²) in [6.45, 7) is 4.10. The molecule has 0 saturated carbocycles. The molecule has 4 nitrogen and oxygen atoms in total. The Morgan fingerprint density at radius 3 is 2.52 bits per heavy atom. The Morgan fingerprint density at radius 1 is 1.17 bits per heavy atom. The fraction of sp³-hybridized carbons (Fsp3) is 0.222. The molecule has 1 aromatic heterocycles. The molecule has 23 heavy (non-hydrogen) atoms. The molecule has 0 aliphatic heterocycles. The van der Waals surface area contributed by atoms with Gasteiger partial charge in [-0.25, -0.2) is 4.79 Å². The van der Waals surface area contributed by atoms with E-state index in [0.29, 0.717) is 21.9 Å². The predicted molar refractivity (Wildman–Crippen MR) is 92.8 cm³/mol. The lowest BCUT2D eigenvalue weighted by molar-refractivity contribution is 0.0697. The summed E-state index contributed by atoms with van der Waals surface area (Å²) in [6.07, 6.45) is 1.95. The Kier molecular flexibility index (Phi) is 3.90. The van der Waals surface area contributed by atoms with E-state index in [9.17, 15) is 9.59 Å². The first-order valence-electron chi connectivity index (χ1n) is 7.24. The molecule has 0 aliphatic carbocycles. The van der Waals surface area contributed by atoms with Gasteiger partial charge in [-0.2, -0.15) is 0 Å². The summed E-state index contributed by atoms with van der Waals surface area (Å²) in [5.74, 6) is -0.851. The van der Waals surface area contributed by atoms with E-state index in [0.717, 1.165) is 10.5 Å². The molecule has 0 saturated heterocycles. The maximum Gasteiger partial charge on any atom is 0.335 e. The largest absolute Gasteiger partial charge is 0.478 e. The van der Waals surface area contributed by atoms with Gasteiger partial charge in [0.2, 0.25) is 5.43 Å². The van der Waals surface area contributed by atoms with E-state index in [4.69, 9.17) is 9.52 Å². The van der Waals surface area contributed by atoms with Crippen LogP contribution < -0.4 is 5.43 Å². The molecule has 0 aliphatic rings. The SMILES string of the molecule is CSc1cc(C(C)C)c2oc3ccc(C(=O)O)cc3c(=O)c2c1. The van der Waals surface area contributed by atoms with E-state index >= 15 is 0 Å². The maximum atomic E-state index is 12.8. The maximum absolute atomic E-state index is 12.8. The van der Waals surface area contributed by atoms with E-state index in [-0.39, 0.29) is 16.9 Å². The van der Waals surface area contributed by atoms with Crippen LogP contribution in [0.4, 0.5) is 0 Å². The summed E-state index contributed by atoms with van der Waals surface area (Å²) in [5.41, 5.74) is 1.86. The third-order valence-electron chi connectivity index (χ3n) is 3.88. The van der Waals surface area contributed by atoms with E-state index in [1.165, 1.54) is 12.1 Å². The molecule has 5 heteroatoms. The number of rotatable bonds is 3. The minimum atomic E-state index is -1.06. The molecule has 0 radical (unpaired) electrons. The molecule has 1 N–H and O–H groups in total. The van der Waals surface area contributed by atoms with Crippen molar-refractivity contribution in [2.45, 2.75) is 24.7 Å². The summed E-state index contributed by atoms with van der Waals surface area (Å²) in [6, 6.07) is 8.23. The van der Waals surface area contributed by atoms with Gasteiger partial charge in [-0.3, -0.25) is 4.79 Å². The van der Waals surface area contributed by atoms with Crippen LogP contribution in [0.25, 0.3) is 21.9 Å². The van der Waals surface area contributed by atoms with Crippen LogP contribution in [-0.4, -0.2) is 17.3 Å². The van der Waals surface area contributed by atoms with Crippen molar-refractivity contribution in [2.75, 3.05) is 6.26 Å². The molecule has 2 aromatic carbocycles. The highest BCUT2D eigenvalue weighted by atomic mass is 32.2. The fourth-order valence-corrected chi connectivity index (χ4v) is 3.12. The summed E-state index contributed by atoms with van der Waals surface area (Å²) in [4.78, 5) is 25.0. The standard InChI is InChI=1S/C18H16O4S/c1-9(2)12-7-11(23-3)8-14-16(19)13-6-10(18(20)21)4-5-15(13)22-17(12)14/h4-9H,1-3H3,(H,20,21). The van der Waals surface area contributed by atoms with E-state index in [2.05, 4.69) is 13.8 Å². The Bertz CT molecular complexity index is 986. The molecule has 0 fully saturated rings. The second-order valence-corrected chi connectivity index (χ2v) is 6.57. The van der Waals surface area contributed by atoms with Gasteiger partial charge in [0.1, 0.15) is 11.2 Å². The average molecular weight is 328 g/mol. The van der Waals surface area contributed by atoms with Crippen molar-refractivity contribution in [3.05, 3.63) is 51.7 Å². The normalized spacial score (nSPS) is 11.5. The minimum absolute atomic E-state index is 0.0780. The summed E-state index contributed by atoms with van der Waals surface area (Å²) >= 11 is 1.56. The third kappa shape index (κ3) is 2.61. The van der Waals surface area contributed by atoms with Gasteiger partial charge in [0.25, 0.3) is 0 Å². The smallest absolute Gasteiger partial charge is 0.335 e. The van der Waals surface area contributed by atoms with Crippen LogP contribution in [0.2, 0.25) is 0 Å². The van der Waals surface area contributed by atoms with Crippen molar-refractivity contribution in [3.63, 3.8) is 0 Å². The molecule has 0 spiro atoms. The van der Waals surface area contributed by atoms with Crippen molar-refractivity contribution in [1.82, 2.24) is 0 Å². The van der Waals surface area contributed by atoms with Crippen LogP contribution in [0, 0.1) is 0 Å². The molecule has 1 heterocycles. The monoisotopic (exact) mass is 328 g/mol. The Labute approximate surface area is 137 Å². The van der Waals surface area contributed by atoms with Crippen LogP contribution in [0.1, 0.15) is 35.7 Å². The lowest BCUT2D eigenvalue weighted by Crippen LogP contribution is -2.06. The number of fused-ring (bicyclic) bond motifs is 2. The zero-order valence-electron chi connectivity index (χ0n) is 13.0. The minimum Gasteiger partial charge on any atom is -0.478 e. The Hall–Kier alpha value is -2.27. The van der Waals surface area contributed by atoms with Crippen LogP contribution >= 0.6 is 11.8 Å². The molecule has 3 rings (SSSR count). The number of carbonyl (C=O) groups is 1. The number of carboxylic acid groups (broad SMARTS) is 1. The molecule has 0 atom stereocenters. The number of thioether (sulfide) groups is 1. The van der Waals surface area contributed by atoms with Gasteiger partial charge in [-0.05, 0) is 48.1 Å². The van der Waals surface area contributed by atoms with Crippen LogP contribution in [0.3, 0.4) is 0 Å². The van der Waals surface area contributed by atoms with Gasteiger partial charge in [-0.15, -0.1) is 11.8 Å². The van der Waals surface area contributed by atoms with Gasteiger partial charge in [0, 0.05) is 4.90 Å². The van der Waals surface area contributed by atoms with Crippen LogP contribution in [-0.2, 0) is 0 Å². The summed E-state index contributed by atoms with van der Waals surface area (Å²) in [5, 5.41) is 9.90. The van der Waals surface area contributed by atoms with Crippen molar-refractivity contribution in [1.29, 1.82) is 0 Å². The number of hydrogen-bond acceptors (Lipinski definition) is 4. The predicted octanol–water partition coefficient (Wildman–Crippen LogP) is 4.49. The van der Waals surface area contributed by atoms with E-state index in [1.807, 2.05) is 18.4 Å². The van der Waals surface area contributed by atoms with Crippen molar-refractivity contribution >= 4 is 39.7 Å². The van der Waals surface area contributed by atoms with E-state index in [1.54, 1.807) is 17.8 Å². The Balaban J connectivity index is 2.47. The second-order valence-electron chi connectivity index (χ2n) is 5.70. The fourth-order valence-electron chi connectivity index (χ4n) is 2.64. The van der Waals surface area contributed by atoms with Gasteiger partial charge in [-0.1, -0.05) is 13.8 Å². The number of hydrogen-bond donors (Lipinski definition) is 1. The number of carboxylic acids is 1. The van der Waals surface area contributed by atoms with Crippen LogP contribution in [0.5, 0.6) is 0 Å². The quantitative estimate of drug-likeness (QED) is 0.567. The molecule has 3 aromatic rings. The zero-order chi connectivity index (χ0) is 16.7. The lowest BCUT2D eigenvalue weighted by atomic mass is 9.99.